The molecule has 1 aromatic carbocycles. The van der Waals surface area contributed by atoms with Gasteiger partial charge >= 0.3 is 0 Å². The molecule has 0 radical (unpaired) electrons. The maximum Gasteiger partial charge on any atom is 0.248 e. The minimum Gasteiger partial charge on any atom is -0.360 e. The van der Waals surface area contributed by atoms with E-state index in [1.165, 1.54) is 11.1 Å². The molecular formula is C18H25N3O3S. The lowest BCUT2D eigenvalue weighted by Crippen LogP contribution is -2.36. The molecule has 0 unspecified atom stereocenters. The zero-order valence-electron chi connectivity index (χ0n) is 15.4. The number of hydrogen-bond donors (Lipinski definition) is 0. The van der Waals surface area contributed by atoms with Crippen LogP contribution in [-0.2, 0) is 10.0 Å². The molecule has 0 amide bonds. The average molecular weight is 363 g/mol. The van der Waals surface area contributed by atoms with Gasteiger partial charge in [0, 0.05) is 25.0 Å². The second-order valence-corrected chi connectivity index (χ2v) is 8.90. The zero-order valence-corrected chi connectivity index (χ0v) is 16.2. The number of likely N-dealkylation sites (N-methyl/N-ethyl adjacent to an activating group) is 1. The SMILES string of the molecule is Cc1ccc([C@@H]2CN(S(=O)(=O)c3c(C)noc3C)C[C@H]2N(C)C)cc1. The van der Waals surface area contributed by atoms with Crippen molar-refractivity contribution in [3.63, 3.8) is 0 Å². The smallest absolute Gasteiger partial charge is 0.248 e. The summed E-state index contributed by atoms with van der Waals surface area (Å²) in [7, 11) is 0.374. The molecule has 1 aliphatic rings. The summed E-state index contributed by atoms with van der Waals surface area (Å²) in [5.74, 6) is 0.475. The van der Waals surface area contributed by atoms with Crippen LogP contribution in [0.4, 0.5) is 0 Å². The van der Waals surface area contributed by atoms with E-state index < -0.39 is 10.0 Å². The fourth-order valence-corrected chi connectivity index (χ4v) is 5.36. The van der Waals surface area contributed by atoms with Gasteiger partial charge in [-0.15, -0.1) is 0 Å². The lowest BCUT2D eigenvalue weighted by Gasteiger charge is -2.25. The standard InChI is InChI=1S/C18H25N3O3S/c1-12-6-8-15(9-7-12)16-10-21(11-17(16)20(4)5)25(22,23)18-13(2)19-24-14(18)3/h6-9,16-17H,10-11H2,1-5H3/t16-,17+/m0/s1. The summed E-state index contributed by atoms with van der Waals surface area (Å²) in [6.45, 7) is 6.27. The summed E-state index contributed by atoms with van der Waals surface area (Å²) >= 11 is 0. The van der Waals surface area contributed by atoms with E-state index in [4.69, 9.17) is 4.52 Å². The number of nitrogens with zero attached hydrogens (tertiary/aromatic N) is 3. The third-order valence-corrected chi connectivity index (χ3v) is 7.07. The first kappa shape index (κ1) is 18.1. The van der Waals surface area contributed by atoms with Crippen molar-refractivity contribution in [2.45, 2.75) is 37.6 Å². The molecule has 7 heteroatoms. The fourth-order valence-electron chi connectivity index (χ4n) is 3.58. The highest BCUT2D eigenvalue weighted by molar-refractivity contribution is 7.89. The van der Waals surface area contributed by atoms with Crippen molar-refractivity contribution in [1.82, 2.24) is 14.4 Å². The van der Waals surface area contributed by atoms with E-state index in [-0.39, 0.29) is 16.9 Å². The van der Waals surface area contributed by atoms with Crippen LogP contribution in [0.2, 0.25) is 0 Å². The summed E-state index contributed by atoms with van der Waals surface area (Å²) in [5, 5.41) is 3.80. The van der Waals surface area contributed by atoms with E-state index in [9.17, 15) is 8.42 Å². The van der Waals surface area contributed by atoms with Gasteiger partial charge in [0.1, 0.15) is 10.6 Å². The normalized spacial score (nSPS) is 22.0. The van der Waals surface area contributed by atoms with E-state index in [0.29, 0.717) is 24.5 Å². The summed E-state index contributed by atoms with van der Waals surface area (Å²) < 4.78 is 32.9. The summed E-state index contributed by atoms with van der Waals surface area (Å²) in [5.41, 5.74) is 2.78. The maximum atomic E-state index is 13.1. The summed E-state index contributed by atoms with van der Waals surface area (Å²) in [4.78, 5) is 2.31. The van der Waals surface area contributed by atoms with Gasteiger partial charge in [0.25, 0.3) is 0 Å². The molecule has 25 heavy (non-hydrogen) atoms. The Kier molecular flexibility index (Phi) is 4.74. The number of hydrogen-bond acceptors (Lipinski definition) is 5. The molecule has 2 atom stereocenters. The van der Waals surface area contributed by atoms with Crippen molar-refractivity contribution < 1.29 is 12.9 Å². The topological polar surface area (TPSA) is 66.7 Å². The molecule has 0 aliphatic carbocycles. The lowest BCUT2D eigenvalue weighted by molar-refractivity contribution is 0.285. The van der Waals surface area contributed by atoms with Crippen LogP contribution < -0.4 is 0 Å². The van der Waals surface area contributed by atoms with Crippen LogP contribution in [0.3, 0.4) is 0 Å². The summed E-state index contributed by atoms with van der Waals surface area (Å²) in [6.07, 6.45) is 0. The Labute approximate surface area is 149 Å². The Bertz CT molecular complexity index is 837. The third kappa shape index (κ3) is 3.23. The maximum absolute atomic E-state index is 13.1. The molecule has 1 aliphatic heterocycles. The lowest BCUT2D eigenvalue weighted by atomic mass is 9.93. The van der Waals surface area contributed by atoms with Crippen molar-refractivity contribution in [1.29, 1.82) is 0 Å². The van der Waals surface area contributed by atoms with Gasteiger partial charge in [-0.05, 0) is 40.4 Å². The van der Waals surface area contributed by atoms with Crippen molar-refractivity contribution in [2.24, 2.45) is 0 Å². The Morgan fingerprint density at radius 2 is 1.76 bits per heavy atom. The molecule has 1 aromatic heterocycles. The van der Waals surface area contributed by atoms with E-state index in [0.717, 1.165) is 0 Å². The first-order valence-electron chi connectivity index (χ1n) is 8.38. The van der Waals surface area contributed by atoms with Crippen molar-refractivity contribution in [3.8, 4) is 0 Å². The van der Waals surface area contributed by atoms with Gasteiger partial charge in [-0.25, -0.2) is 8.42 Å². The number of rotatable bonds is 4. The third-order valence-electron chi connectivity index (χ3n) is 4.99. The molecule has 2 aromatic rings. The van der Waals surface area contributed by atoms with Gasteiger partial charge < -0.3 is 9.42 Å². The average Bonchev–Trinajstić information content (AvgIpc) is 3.13. The highest BCUT2D eigenvalue weighted by Crippen LogP contribution is 2.35. The van der Waals surface area contributed by atoms with Crippen LogP contribution in [0.25, 0.3) is 0 Å². The van der Waals surface area contributed by atoms with Crippen molar-refractivity contribution in [3.05, 3.63) is 46.8 Å². The predicted molar refractivity (Wildman–Crippen MR) is 96.1 cm³/mol. The first-order chi connectivity index (χ1) is 11.7. The highest BCUT2D eigenvalue weighted by atomic mass is 32.2. The van der Waals surface area contributed by atoms with Crippen molar-refractivity contribution >= 4 is 10.0 Å². The van der Waals surface area contributed by atoms with E-state index in [1.54, 1.807) is 18.2 Å². The molecule has 0 saturated carbocycles. The van der Waals surface area contributed by atoms with Gasteiger partial charge in [0.2, 0.25) is 10.0 Å². The molecule has 3 rings (SSSR count). The molecule has 2 heterocycles. The zero-order chi connectivity index (χ0) is 18.4. The first-order valence-corrected chi connectivity index (χ1v) is 9.82. The van der Waals surface area contributed by atoms with Gasteiger partial charge in [-0.1, -0.05) is 35.0 Å². The Morgan fingerprint density at radius 1 is 1.12 bits per heavy atom. The van der Waals surface area contributed by atoms with Crippen LogP contribution in [0.5, 0.6) is 0 Å². The van der Waals surface area contributed by atoms with Crippen LogP contribution in [-0.4, -0.2) is 56.0 Å². The predicted octanol–water partition coefficient (Wildman–Crippen LogP) is 2.32. The number of sulfonamides is 1. The largest absolute Gasteiger partial charge is 0.360 e. The van der Waals surface area contributed by atoms with Crippen LogP contribution in [0, 0.1) is 20.8 Å². The van der Waals surface area contributed by atoms with E-state index in [1.807, 2.05) is 14.1 Å². The summed E-state index contributed by atoms with van der Waals surface area (Å²) in [6, 6.07) is 8.48. The molecule has 0 bridgehead atoms. The Hall–Kier alpha value is -1.70. The van der Waals surface area contributed by atoms with Crippen LogP contribution >= 0.6 is 0 Å². The molecular weight excluding hydrogens is 338 g/mol. The Balaban J connectivity index is 1.96. The van der Waals surface area contributed by atoms with E-state index in [2.05, 4.69) is 41.2 Å². The monoisotopic (exact) mass is 363 g/mol. The van der Waals surface area contributed by atoms with Gasteiger partial charge in [0.15, 0.2) is 5.76 Å². The second kappa shape index (κ2) is 6.55. The molecule has 0 spiro atoms. The van der Waals surface area contributed by atoms with Crippen molar-refractivity contribution in [2.75, 3.05) is 27.2 Å². The fraction of sp³-hybridized carbons (Fsp3) is 0.500. The van der Waals surface area contributed by atoms with Gasteiger partial charge in [-0.3, -0.25) is 0 Å². The van der Waals surface area contributed by atoms with Gasteiger partial charge in [-0.2, -0.15) is 4.31 Å². The molecule has 1 fully saturated rings. The minimum atomic E-state index is -3.62. The number of aryl methyl sites for hydroxylation is 3. The molecule has 136 valence electrons. The quantitative estimate of drug-likeness (QED) is 0.834. The van der Waals surface area contributed by atoms with Gasteiger partial charge in [0.05, 0.1) is 0 Å². The highest BCUT2D eigenvalue weighted by Gasteiger charge is 2.42. The Morgan fingerprint density at radius 3 is 2.28 bits per heavy atom. The number of aromatic nitrogens is 1. The molecule has 0 N–H and O–H groups in total. The van der Waals surface area contributed by atoms with Crippen LogP contribution in [0.1, 0.15) is 28.5 Å². The van der Waals surface area contributed by atoms with Crippen LogP contribution in [0.15, 0.2) is 33.7 Å². The molecule has 6 nitrogen and oxygen atoms in total. The molecule has 1 saturated heterocycles. The second-order valence-electron chi connectivity index (χ2n) is 7.02. The minimum absolute atomic E-state index is 0.123. The van der Waals surface area contributed by atoms with E-state index >= 15 is 0 Å². The number of benzene rings is 1.